The van der Waals surface area contributed by atoms with Gasteiger partial charge in [-0.2, -0.15) is 5.10 Å². The number of nitrogens with zero attached hydrogens (tertiary/aromatic N) is 4. The first kappa shape index (κ1) is 27.1. The Bertz CT molecular complexity index is 1440. The third-order valence-corrected chi connectivity index (χ3v) is 8.74. The van der Waals surface area contributed by atoms with E-state index in [4.69, 9.17) is 24.3 Å². The van der Waals surface area contributed by atoms with Gasteiger partial charge in [-0.25, -0.2) is 9.67 Å². The minimum Gasteiger partial charge on any atom is -0.474 e. The fourth-order valence-corrected chi connectivity index (χ4v) is 6.27. The number of rotatable bonds is 8. The van der Waals surface area contributed by atoms with E-state index in [9.17, 15) is 0 Å². The molecule has 3 aliphatic rings. The van der Waals surface area contributed by atoms with E-state index in [1.807, 2.05) is 24.9 Å². The summed E-state index contributed by atoms with van der Waals surface area (Å²) in [5.41, 5.74) is 5.25. The van der Waals surface area contributed by atoms with Gasteiger partial charge in [-0.05, 0) is 102 Å². The van der Waals surface area contributed by atoms with E-state index in [2.05, 4.69) is 48.2 Å². The van der Waals surface area contributed by atoms with Crippen molar-refractivity contribution in [3.05, 3.63) is 47.4 Å². The zero-order valence-corrected chi connectivity index (χ0v) is 24.0. The number of fused-ring (bicyclic) bond motifs is 2. The Kier molecular flexibility index (Phi) is 8.01. The average molecular weight is 544 g/mol. The highest BCUT2D eigenvalue weighted by atomic mass is 16.5. The van der Waals surface area contributed by atoms with Gasteiger partial charge in [0.25, 0.3) is 0 Å². The molecule has 2 aromatic heterocycles. The number of allylic oxidation sites excluding steroid dienone is 4. The summed E-state index contributed by atoms with van der Waals surface area (Å²) in [5.74, 6) is 1.01. The standard InChI is InChI=1S/C32H41N5O3/c1-5-21(14-20(2)33-3)30-26-15-23-19-35-37(29-8-6-7-11-39-29)28(23)18-27(26)32(40-25-16-24(17-25)34-4)36-31(30)22-9-12-38-13-10-22/h5,14-15,18-19,22,24-25,29,34H,3,6-13,16-17H2,1-2,4H3/b20-14-,21-5+. The van der Waals surface area contributed by atoms with E-state index in [0.29, 0.717) is 6.04 Å². The van der Waals surface area contributed by atoms with Crippen LogP contribution in [0.3, 0.4) is 0 Å². The Morgan fingerprint density at radius 3 is 2.67 bits per heavy atom. The quantitative estimate of drug-likeness (QED) is 0.265. The van der Waals surface area contributed by atoms with E-state index in [1.54, 1.807) is 0 Å². The second-order valence-electron chi connectivity index (χ2n) is 11.3. The number of pyridine rings is 1. The summed E-state index contributed by atoms with van der Waals surface area (Å²) in [6, 6.07) is 4.99. The third-order valence-electron chi connectivity index (χ3n) is 8.74. The van der Waals surface area contributed by atoms with Crippen molar-refractivity contribution < 1.29 is 14.2 Å². The Morgan fingerprint density at radius 1 is 1.15 bits per heavy atom. The summed E-state index contributed by atoms with van der Waals surface area (Å²) >= 11 is 0. The first-order valence-corrected chi connectivity index (χ1v) is 14.8. The smallest absolute Gasteiger partial charge is 0.221 e. The molecule has 3 aromatic rings. The van der Waals surface area contributed by atoms with E-state index >= 15 is 0 Å². The normalized spacial score (nSPS) is 24.8. The molecule has 0 amide bonds. The fourth-order valence-electron chi connectivity index (χ4n) is 6.27. The molecule has 1 unspecified atom stereocenters. The van der Waals surface area contributed by atoms with Gasteiger partial charge < -0.3 is 19.5 Å². The van der Waals surface area contributed by atoms with Crippen molar-refractivity contribution >= 4 is 34.0 Å². The molecular formula is C32H41N5O3. The Labute approximate surface area is 236 Å². The molecular weight excluding hydrogens is 502 g/mol. The number of aromatic nitrogens is 3. The highest BCUT2D eigenvalue weighted by Crippen LogP contribution is 2.43. The minimum absolute atomic E-state index is 0.0413. The molecule has 0 spiro atoms. The summed E-state index contributed by atoms with van der Waals surface area (Å²) in [6.07, 6.45) is 13.4. The molecule has 8 nitrogen and oxygen atoms in total. The van der Waals surface area contributed by atoms with Crippen molar-refractivity contribution in [1.29, 1.82) is 0 Å². The molecule has 2 aliphatic heterocycles. The Hall–Kier alpha value is -3.07. The van der Waals surface area contributed by atoms with Crippen molar-refractivity contribution in [2.45, 2.75) is 83.1 Å². The lowest BCUT2D eigenvalue weighted by Crippen LogP contribution is -2.45. The van der Waals surface area contributed by atoms with Gasteiger partial charge in [0.2, 0.25) is 5.88 Å². The predicted molar refractivity (Wildman–Crippen MR) is 160 cm³/mol. The van der Waals surface area contributed by atoms with Crippen LogP contribution in [0, 0.1) is 0 Å². The molecule has 1 atom stereocenters. The van der Waals surface area contributed by atoms with E-state index < -0.39 is 0 Å². The first-order valence-electron chi connectivity index (χ1n) is 14.8. The van der Waals surface area contributed by atoms with Gasteiger partial charge in [0, 0.05) is 53.8 Å². The van der Waals surface area contributed by atoms with E-state index in [0.717, 1.165) is 115 Å². The van der Waals surface area contributed by atoms with Crippen LogP contribution in [0.2, 0.25) is 0 Å². The first-order chi connectivity index (χ1) is 19.6. The predicted octanol–water partition coefficient (Wildman–Crippen LogP) is 6.31. The number of hydrogen-bond donors (Lipinski definition) is 1. The SMILES string of the molecule is C=N/C(C)=C\C(=C/C)c1c(C2CCOCC2)nc(OC2CC(NC)C2)c2cc3c(cnn3C3CCCCO3)cc12. The highest BCUT2D eigenvalue weighted by molar-refractivity contribution is 6.05. The molecule has 2 saturated heterocycles. The van der Waals surface area contributed by atoms with Gasteiger partial charge in [0.15, 0.2) is 6.23 Å². The van der Waals surface area contributed by atoms with Gasteiger partial charge in [0.1, 0.15) is 6.10 Å². The van der Waals surface area contributed by atoms with Crippen LogP contribution in [0.25, 0.3) is 27.2 Å². The van der Waals surface area contributed by atoms with Gasteiger partial charge in [-0.3, -0.25) is 4.99 Å². The lowest BCUT2D eigenvalue weighted by atomic mass is 9.86. The van der Waals surface area contributed by atoms with E-state index in [1.165, 1.54) is 0 Å². The van der Waals surface area contributed by atoms with Crippen molar-refractivity contribution in [3.8, 4) is 5.88 Å². The van der Waals surface area contributed by atoms with Crippen LogP contribution >= 0.6 is 0 Å². The summed E-state index contributed by atoms with van der Waals surface area (Å²) in [6.45, 7) is 10.1. The van der Waals surface area contributed by atoms with Crippen molar-refractivity contribution in [1.82, 2.24) is 20.1 Å². The second-order valence-corrected chi connectivity index (χ2v) is 11.3. The average Bonchev–Trinajstić information content (AvgIpc) is 3.40. The lowest BCUT2D eigenvalue weighted by molar-refractivity contribution is -0.0366. The van der Waals surface area contributed by atoms with Crippen LogP contribution in [0.5, 0.6) is 5.88 Å². The van der Waals surface area contributed by atoms with Gasteiger partial charge in [-0.1, -0.05) is 6.08 Å². The second kappa shape index (κ2) is 11.8. The van der Waals surface area contributed by atoms with Crippen LogP contribution in [-0.4, -0.2) is 60.5 Å². The number of ether oxygens (including phenoxy) is 3. The highest BCUT2D eigenvalue weighted by Gasteiger charge is 2.32. The molecule has 4 heterocycles. The van der Waals surface area contributed by atoms with Crippen molar-refractivity contribution in [2.24, 2.45) is 4.99 Å². The molecule has 0 bridgehead atoms. The largest absolute Gasteiger partial charge is 0.474 e. The summed E-state index contributed by atoms with van der Waals surface area (Å²) in [7, 11) is 2.02. The molecule has 0 radical (unpaired) electrons. The number of aliphatic imine (C=N–C) groups is 1. The molecule has 6 rings (SSSR count). The van der Waals surface area contributed by atoms with Crippen molar-refractivity contribution in [3.63, 3.8) is 0 Å². The van der Waals surface area contributed by atoms with Crippen LogP contribution < -0.4 is 10.1 Å². The van der Waals surface area contributed by atoms with E-state index in [-0.39, 0.29) is 18.2 Å². The lowest BCUT2D eigenvalue weighted by Gasteiger charge is -2.35. The zero-order chi connectivity index (χ0) is 27.6. The van der Waals surface area contributed by atoms with Gasteiger partial charge >= 0.3 is 0 Å². The molecule has 8 heteroatoms. The van der Waals surface area contributed by atoms with Gasteiger partial charge in [0.05, 0.1) is 17.4 Å². The summed E-state index contributed by atoms with van der Waals surface area (Å²) in [5, 5.41) is 11.4. The molecule has 40 heavy (non-hydrogen) atoms. The Morgan fingerprint density at radius 2 is 1.98 bits per heavy atom. The fraction of sp³-hybridized carbons (Fsp3) is 0.531. The molecule has 1 aliphatic carbocycles. The van der Waals surface area contributed by atoms with Gasteiger partial charge in [-0.15, -0.1) is 0 Å². The maximum atomic E-state index is 6.70. The molecule has 1 aromatic carbocycles. The maximum absolute atomic E-state index is 6.70. The maximum Gasteiger partial charge on any atom is 0.221 e. The Balaban J connectivity index is 1.58. The monoisotopic (exact) mass is 543 g/mol. The summed E-state index contributed by atoms with van der Waals surface area (Å²) in [4.78, 5) is 9.55. The summed E-state index contributed by atoms with van der Waals surface area (Å²) < 4.78 is 20.6. The van der Waals surface area contributed by atoms with Crippen LogP contribution in [-0.2, 0) is 9.47 Å². The van der Waals surface area contributed by atoms with Crippen LogP contribution in [0.4, 0.5) is 0 Å². The zero-order valence-electron chi connectivity index (χ0n) is 24.0. The molecule has 3 fully saturated rings. The van der Waals surface area contributed by atoms with Crippen LogP contribution in [0.1, 0.15) is 82.2 Å². The number of benzene rings is 1. The molecule has 212 valence electrons. The third kappa shape index (κ3) is 5.20. The van der Waals surface area contributed by atoms with Crippen LogP contribution in [0.15, 0.2) is 41.2 Å². The topological polar surface area (TPSA) is 82.8 Å². The molecule has 1 saturated carbocycles. The molecule has 1 N–H and O–H groups in total. The van der Waals surface area contributed by atoms with Crippen molar-refractivity contribution in [2.75, 3.05) is 26.9 Å². The number of nitrogens with one attached hydrogen (secondary N) is 1. The minimum atomic E-state index is -0.0413. The number of hydrogen-bond acceptors (Lipinski definition) is 7.